The molecule has 0 unspecified atom stereocenters. The van der Waals surface area contributed by atoms with Crippen molar-refractivity contribution < 1.29 is 26.3 Å². The minimum absolute atomic E-state index is 0.00599. The third kappa shape index (κ3) is 6.50. The number of nitrogens with zero attached hydrogens (tertiary/aromatic N) is 5. The monoisotopic (exact) mass is 598 g/mol. The first kappa shape index (κ1) is 29.3. The number of alkyl halides is 3. The number of ether oxygens (including phenoxy) is 1. The van der Waals surface area contributed by atoms with E-state index in [2.05, 4.69) is 15.3 Å². The van der Waals surface area contributed by atoms with Gasteiger partial charge < -0.3 is 15.0 Å². The Morgan fingerprint density at radius 1 is 1.07 bits per heavy atom. The van der Waals surface area contributed by atoms with Crippen LogP contribution in [0, 0.1) is 25.2 Å². The number of benzene rings is 2. The summed E-state index contributed by atoms with van der Waals surface area (Å²) in [7, 11) is -3.37. The molecule has 0 bridgehead atoms. The van der Waals surface area contributed by atoms with Crippen LogP contribution < -0.4 is 15.0 Å². The summed E-state index contributed by atoms with van der Waals surface area (Å²) in [6.07, 6.45) is 1.16. The van der Waals surface area contributed by atoms with E-state index in [1.54, 1.807) is 17.0 Å². The number of hydrogen-bond acceptors (Lipinski definition) is 8. The van der Waals surface area contributed by atoms with Crippen molar-refractivity contribution >= 4 is 33.4 Å². The molecule has 5 rings (SSSR count). The van der Waals surface area contributed by atoms with E-state index in [4.69, 9.17) is 10.00 Å². The lowest BCUT2D eigenvalue weighted by molar-refractivity contribution is -0.137. The molecule has 42 heavy (non-hydrogen) atoms. The molecule has 1 N–H and O–H groups in total. The largest absolute Gasteiger partial charge is 0.438 e. The Morgan fingerprint density at radius 3 is 2.38 bits per heavy atom. The third-order valence-electron chi connectivity index (χ3n) is 7.11. The highest BCUT2D eigenvalue weighted by Gasteiger charge is 2.42. The number of piperazine rings is 1. The van der Waals surface area contributed by atoms with Crippen LogP contribution in [0.3, 0.4) is 0 Å². The summed E-state index contributed by atoms with van der Waals surface area (Å²) < 4.78 is 74.9. The predicted molar refractivity (Wildman–Crippen MR) is 153 cm³/mol. The molecule has 2 aromatic carbocycles. The molecule has 220 valence electrons. The molecular formula is C29H29F3N6O3S. The maximum absolute atomic E-state index is 14.1. The van der Waals surface area contributed by atoms with E-state index in [-0.39, 0.29) is 54.6 Å². The van der Waals surface area contributed by atoms with E-state index in [9.17, 15) is 21.6 Å². The zero-order valence-corrected chi connectivity index (χ0v) is 23.8. The van der Waals surface area contributed by atoms with Crippen molar-refractivity contribution in [3.05, 3.63) is 70.9 Å². The quantitative estimate of drug-likeness (QED) is 0.324. The van der Waals surface area contributed by atoms with Gasteiger partial charge >= 0.3 is 6.18 Å². The van der Waals surface area contributed by atoms with E-state index in [0.29, 0.717) is 18.6 Å². The lowest BCUT2D eigenvalue weighted by Gasteiger charge is -2.36. The number of hydrogen-bond donors (Lipinski definition) is 1. The van der Waals surface area contributed by atoms with Gasteiger partial charge in [0, 0.05) is 55.9 Å². The van der Waals surface area contributed by atoms with Gasteiger partial charge in [0.1, 0.15) is 5.75 Å². The summed E-state index contributed by atoms with van der Waals surface area (Å²) in [6.45, 7) is 4.35. The van der Waals surface area contributed by atoms with Crippen LogP contribution in [0.15, 0.2) is 48.7 Å². The molecule has 1 aliphatic carbocycles. The lowest BCUT2D eigenvalue weighted by Crippen LogP contribution is -2.50. The van der Waals surface area contributed by atoms with E-state index >= 15 is 0 Å². The van der Waals surface area contributed by atoms with E-state index in [1.165, 1.54) is 28.7 Å². The number of nitrogens with one attached hydrogen (secondary N) is 1. The lowest BCUT2D eigenvalue weighted by atomic mass is 10.1. The maximum atomic E-state index is 14.1. The van der Waals surface area contributed by atoms with Crippen LogP contribution >= 0.6 is 0 Å². The maximum Gasteiger partial charge on any atom is 0.418 e. The molecule has 9 nitrogen and oxygen atoms in total. The molecule has 2 heterocycles. The average Bonchev–Trinajstić information content (AvgIpc) is 3.80. The molecule has 0 spiro atoms. The molecule has 1 saturated carbocycles. The van der Waals surface area contributed by atoms with Crippen molar-refractivity contribution in [2.45, 2.75) is 38.1 Å². The Hall–Kier alpha value is -4.15. The van der Waals surface area contributed by atoms with Crippen LogP contribution in [0.25, 0.3) is 6.08 Å². The zero-order valence-electron chi connectivity index (χ0n) is 23.0. The van der Waals surface area contributed by atoms with E-state index in [0.717, 1.165) is 22.8 Å². The molecule has 0 radical (unpaired) electrons. The second-order valence-corrected chi connectivity index (χ2v) is 12.5. The van der Waals surface area contributed by atoms with Crippen molar-refractivity contribution in [2.75, 3.05) is 36.4 Å². The molecule has 1 saturated heterocycles. The fraction of sp³-hybridized carbons (Fsp3) is 0.345. The van der Waals surface area contributed by atoms with E-state index < -0.39 is 21.8 Å². The second kappa shape index (κ2) is 11.6. The first-order valence-corrected chi connectivity index (χ1v) is 14.9. The van der Waals surface area contributed by atoms with Gasteiger partial charge in [-0.15, -0.1) is 0 Å². The van der Waals surface area contributed by atoms with Gasteiger partial charge in [-0.05, 0) is 79.8 Å². The third-order valence-corrected chi connectivity index (χ3v) is 9.51. The van der Waals surface area contributed by atoms with Gasteiger partial charge in [0.15, 0.2) is 0 Å². The smallest absolute Gasteiger partial charge is 0.418 e. The molecular weight excluding hydrogens is 569 g/mol. The Balaban J connectivity index is 1.32. The number of halogens is 3. The minimum atomic E-state index is -4.64. The molecule has 1 aliphatic heterocycles. The Bertz CT molecular complexity index is 1630. The normalized spacial score (nSPS) is 16.4. The summed E-state index contributed by atoms with van der Waals surface area (Å²) in [4.78, 5) is 10.0. The summed E-state index contributed by atoms with van der Waals surface area (Å²) in [5, 5.41) is 11.2. The topological polar surface area (TPSA) is 111 Å². The van der Waals surface area contributed by atoms with Crippen LogP contribution in [-0.2, 0) is 16.2 Å². The molecule has 0 atom stereocenters. The van der Waals surface area contributed by atoms with Gasteiger partial charge in [-0.3, -0.25) is 0 Å². The number of sulfonamides is 1. The minimum Gasteiger partial charge on any atom is -0.438 e. The van der Waals surface area contributed by atoms with Gasteiger partial charge in [-0.2, -0.15) is 27.7 Å². The van der Waals surface area contributed by atoms with Gasteiger partial charge in [-0.25, -0.2) is 13.4 Å². The van der Waals surface area contributed by atoms with Crippen molar-refractivity contribution in [2.24, 2.45) is 0 Å². The van der Waals surface area contributed by atoms with Crippen LogP contribution in [0.5, 0.6) is 11.6 Å². The molecule has 13 heteroatoms. The summed E-state index contributed by atoms with van der Waals surface area (Å²) in [5.74, 6) is 0.823. The first-order chi connectivity index (χ1) is 20.0. The molecule has 3 aromatic rings. The van der Waals surface area contributed by atoms with Crippen molar-refractivity contribution in [3.8, 4) is 17.7 Å². The van der Waals surface area contributed by atoms with Crippen LogP contribution in [-0.4, -0.2) is 54.1 Å². The summed E-state index contributed by atoms with van der Waals surface area (Å²) >= 11 is 0. The van der Waals surface area contributed by atoms with Gasteiger partial charge in [0.05, 0.1) is 16.9 Å². The van der Waals surface area contributed by atoms with Gasteiger partial charge in [0.2, 0.25) is 21.9 Å². The number of allylic oxidation sites excluding steroid dienone is 1. The summed E-state index contributed by atoms with van der Waals surface area (Å²) in [6, 6.07) is 11.1. The predicted octanol–water partition coefficient (Wildman–Crippen LogP) is 5.80. The average molecular weight is 599 g/mol. The van der Waals surface area contributed by atoms with Crippen molar-refractivity contribution in [1.82, 2.24) is 14.3 Å². The second-order valence-electron chi connectivity index (χ2n) is 10.3. The Morgan fingerprint density at radius 2 is 1.76 bits per heavy atom. The standard InChI is InChI=1S/C29H29F3N6O3S/c1-19-16-21(4-3-10-33)17-20(2)27(19)41-26-9-11-34-28(36-26)35-22-5-8-25(24(18-22)29(30,31)32)37-12-14-38(15-13-37)42(39,40)23-6-7-23/h3-5,8-9,11,16-18,23H,6-7,12-15H2,1-2H3,(H,34,35,36)/b4-3+. The number of aryl methyl sites for hydroxylation is 2. The molecule has 2 aliphatic rings. The van der Waals surface area contributed by atoms with Gasteiger partial charge in [0.25, 0.3) is 0 Å². The molecule has 0 amide bonds. The van der Waals surface area contributed by atoms with Crippen LogP contribution in [0.4, 0.5) is 30.5 Å². The Labute approximate surface area is 242 Å². The Kier molecular flexibility index (Phi) is 8.12. The van der Waals surface area contributed by atoms with E-state index in [1.807, 2.05) is 32.0 Å². The number of aromatic nitrogens is 2. The number of anilines is 3. The zero-order chi connectivity index (χ0) is 30.1. The van der Waals surface area contributed by atoms with Crippen molar-refractivity contribution in [3.63, 3.8) is 0 Å². The molecule has 2 fully saturated rings. The fourth-order valence-electron chi connectivity index (χ4n) is 4.94. The fourth-order valence-corrected chi connectivity index (χ4v) is 6.77. The molecule has 1 aromatic heterocycles. The first-order valence-electron chi connectivity index (χ1n) is 13.4. The SMILES string of the molecule is Cc1cc(/C=C/C#N)cc(C)c1Oc1ccnc(Nc2ccc(N3CCN(S(=O)(=O)C4CC4)CC3)c(C(F)(F)F)c2)n1. The highest BCUT2D eigenvalue weighted by Crippen LogP contribution is 2.40. The number of rotatable bonds is 8. The summed E-state index contributed by atoms with van der Waals surface area (Å²) in [5.41, 5.74) is 1.77. The van der Waals surface area contributed by atoms with Gasteiger partial charge in [-0.1, -0.05) is 0 Å². The van der Waals surface area contributed by atoms with Crippen LogP contribution in [0.2, 0.25) is 0 Å². The van der Waals surface area contributed by atoms with Crippen molar-refractivity contribution in [1.29, 1.82) is 5.26 Å². The highest BCUT2D eigenvalue weighted by atomic mass is 32.2. The van der Waals surface area contributed by atoms with Crippen LogP contribution in [0.1, 0.15) is 35.1 Å². The highest BCUT2D eigenvalue weighted by molar-refractivity contribution is 7.90. The number of nitriles is 1.